The lowest BCUT2D eigenvalue weighted by Crippen LogP contribution is -2.46. The van der Waals surface area contributed by atoms with Crippen LogP contribution in [0.15, 0.2) is 0 Å². The molecule has 68 valence electrons. The van der Waals surface area contributed by atoms with E-state index in [0.717, 1.165) is 19.4 Å². The van der Waals surface area contributed by atoms with Gasteiger partial charge in [0.1, 0.15) is 0 Å². The summed E-state index contributed by atoms with van der Waals surface area (Å²) in [5.74, 6) is 0. The molecule has 0 spiro atoms. The van der Waals surface area contributed by atoms with Crippen LogP contribution in [0, 0.1) is 0 Å². The van der Waals surface area contributed by atoms with Crippen LogP contribution in [0.3, 0.4) is 0 Å². The summed E-state index contributed by atoms with van der Waals surface area (Å²) in [5, 5.41) is 13.1. The number of hydrogen-bond acceptors (Lipinski definition) is 2. The van der Waals surface area contributed by atoms with E-state index < -0.39 is 5.60 Å². The smallest absolute Gasteiger partial charge is 0.0769 e. The summed E-state index contributed by atoms with van der Waals surface area (Å²) in [4.78, 5) is 0. The van der Waals surface area contributed by atoms with Crippen LogP contribution in [0.1, 0.15) is 40.5 Å². The first-order valence-electron chi connectivity index (χ1n) is 4.50. The van der Waals surface area contributed by atoms with Crippen molar-refractivity contribution in [1.29, 1.82) is 0 Å². The van der Waals surface area contributed by atoms with Crippen molar-refractivity contribution in [3.63, 3.8) is 0 Å². The van der Waals surface area contributed by atoms with Gasteiger partial charge in [-0.15, -0.1) is 0 Å². The Hall–Kier alpha value is -0.0800. The number of aliphatic hydroxyl groups is 1. The van der Waals surface area contributed by atoms with Crippen LogP contribution in [0.4, 0.5) is 0 Å². The lowest BCUT2D eigenvalue weighted by Gasteiger charge is -2.30. The first-order valence-corrected chi connectivity index (χ1v) is 4.50. The van der Waals surface area contributed by atoms with E-state index in [1.165, 1.54) is 0 Å². The Balaban J connectivity index is 3.83. The highest BCUT2D eigenvalue weighted by Crippen LogP contribution is 2.15. The standard InChI is InChI=1S/C9H21NO/c1-5-7-9(4,11)8(3)10-6-2/h8,10-11H,5-7H2,1-4H3. The van der Waals surface area contributed by atoms with Gasteiger partial charge in [0.15, 0.2) is 0 Å². The van der Waals surface area contributed by atoms with Gasteiger partial charge < -0.3 is 10.4 Å². The fourth-order valence-corrected chi connectivity index (χ4v) is 1.25. The van der Waals surface area contributed by atoms with Gasteiger partial charge in [0, 0.05) is 6.04 Å². The summed E-state index contributed by atoms with van der Waals surface area (Å²) in [6.07, 6.45) is 1.89. The molecule has 2 heteroatoms. The third kappa shape index (κ3) is 3.73. The van der Waals surface area contributed by atoms with Crippen LogP contribution in [0.2, 0.25) is 0 Å². The second-order valence-electron chi connectivity index (χ2n) is 3.39. The third-order valence-electron chi connectivity index (χ3n) is 2.20. The molecule has 0 heterocycles. The molecule has 0 bridgehead atoms. The molecule has 2 nitrogen and oxygen atoms in total. The van der Waals surface area contributed by atoms with Gasteiger partial charge in [-0.05, 0) is 26.8 Å². The molecule has 0 aromatic rings. The molecule has 0 aliphatic carbocycles. The summed E-state index contributed by atoms with van der Waals surface area (Å²) < 4.78 is 0. The normalized spacial score (nSPS) is 19.4. The molecule has 0 amide bonds. The lowest BCUT2D eigenvalue weighted by atomic mass is 9.93. The summed E-state index contributed by atoms with van der Waals surface area (Å²) in [6.45, 7) is 8.98. The van der Waals surface area contributed by atoms with Crippen molar-refractivity contribution in [2.75, 3.05) is 6.54 Å². The Morgan fingerprint density at radius 1 is 1.45 bits per heavy atom. The van der Waals surface area contributed by atoms with E-state index >= 15 is 0 Å². The Morgan fingerprint density at radius 2 is 2.00 bits per heavy atom. The van der Waals surface area contributed by atoms with E-state index in [-0.39, 0.29) is 6.04 Å². The monoisotopic (exact) mass is 159 g/mol. The topological polar surface area (TPSA) is 32.3 Å². The maximum atomic E-state index is 9.85. The second kappa shape index (κ2) is 4.73. The van der Waals surface area contributed by atoms with E-state index in [4.69, 9.17) is 0 Å². The van der Waals surface area contributed by atoms with Crippen molar-refractivity contribution in [1.82, 2.24) is 5.32 Å². The van der Waals surface area contributed by atoms with Gasteiger partial charge in [0.05, 0.1) is 5.60 Å². The average Bonchev–Trinajstić information content (AvgIpc) is 1.88. The van der Waals surface area contributed by atoms with Gasteiger partial charge in [0.25, 0.3) is 0 Å². The molecule has 0 saturated carbocycles. The Labute approximate surface area is 70.0 Å². The van der Waals surface area contributed by atoms with E-state index in [0.29, 0.717) is 0 Å². The van der Waals surface area contributed by atoms with E-state index in [2.05, 4.69) is 19.2 Å². The highest BCUT2D eigenvalue weighted by atomic mass is 16.3. The van der Waals surface area contributed by atoms with E-state index in [9.17, 15) is 5.11 Å². The molecule has 0 radical (unpaired) electrons. The zero-order valence-corrected chi connectivity index (χ0v) is 8.15. The Kier molecular flexibility index (Phi) is 4.69. The number of hydrogen-bond donors (Lipinski definition) is 2. The summed E-state index contributed by atoms with van der Waals surface area (Å²) in [5.41, 5.74) is -0.551. The molecule has 11 heavy (non-hydrogen) atoms. The van der Waals surface area contributed by atoms with Gasteiger partial charge in [-0.3, -0.25) is 0 Å². The second-order valence-corrected chi connectivity index (χ2v) is 3.39. The predicted octanol–water partition coefficient (Wildman–Crippen LogP) is 1.54. The summed E-state index contributed by atoms with van der Waals surface area (Å²) >= 11 is 0. The molecule has 0 fully saturated rings. The fraction of sp³-hybridized carbons (Fsp3) is 1.00. The zero-order valence-electron chi connectivity index (χ0n) is 8.15. The minimum atomic E-state index is -0.551. The first-order chi connectivity index (χ1) is 5.04. The number of nitrogens with one attached hydrogen (secondary N) is 1. The minimum absolute atomic E-state index is 0.187. The van der Waals surface area contributed by atoms with Crippen molar-refractivity contribution in [3.05, 3.63) is 0 Å². The highest BCUT2D eigenvalue weighted by Gasteiger charge is 2.25. The van der Waals surface area contributed by atoms with Crippen LogP contribution in [0.5, 0.6) is 0 Å². The van der Waals surface area contributed by atoms with Crippen LogP contribution in [-0.2, 0) is 0 Å². The lowest BCUT2D eigenvalue weighted by molar-refractivity contribution is 0.0172. The van der Waals surface area contributed by atoms with Gasteiger partial charge >= 0.3 is 0 Å². The quantitative estimate of drug-likeness (QED) is 0.637. The molecular weight excluding hydrogens is 138 g/mol. The molecule has 0 saturated heterocycles. The van der Waals surface area contributed by atoms with Crippen LogP contribution < -0.4 is 5.32 Å². The molecule has 0 aromatic heterocycles. The third-order valence-corrected chi connectivity index (χ3v) is 2.20. The average molecular weight is 159 g/mol. The molecular formula is C9H21NO. The molecule has 0 aromatic carbocycles. The molecule has 2 N–H and O–H groups in total. The van der Waals surface area contributed by atoms with Gasteiger partial charge in [-0.25, -0.2) is 0 Å². The molecule has 2 unspecified atom stereocenters. The molecule has 0 aliphatic heterocycles. The maximum absolute atomic E-state index is 9.85. The van der Waals surface area contributed by atoms with Crippen molar-refractivity contribution in [2.24, 2.45) is 0 Å². The molecule has 0 aliphatic rings. The zero-order chi connectivity index (χ0) is 8.91. The number of rotatable bonds is 5. The molecule has 0 rings (SSSR count). The van der Waals surface area contributed by atoms with Gasteiger partial charge in [0.2, 0.25) is 0 Å². The van der Waals surface area contributed by atoms with Crippen molar-refractivity contribution in [2.45, 2.75) is 52.2 Å². The van der Waals surface area contributed by atoms with Crippen LogP contribution in [0.25, 0.3) is 0 Å². The highest BCUT2D eigenvalue weighted by molar-refractivity contribution is 4.83. The fourth-order valence-electron chi connectivity index (χ4n) is 1.25. The van der Waals surface area contributed by atoms with E-state index in [1.807, 2.05) is 13.8 Å². The molecule has 2 atom stereocenters. The van der Waals surface area contributed by atoms with Gasteiger partial charge in [-0.1, -0.05) is 20.3 Å². The van der Waals surface area contributed by atoms with Crippen LogP contribution in [-0.4, -0.2) is 23.3 Å². The van der Waals surface area contributed by atoms with Crippen molar-refractivity contribution in [3.8, 4) is 0 Å². The number of likely N-dealkylation sites (N-methyl/N-ethyl adjacent to an activating group) is 1. The van der Waals surface area contributed by atoms with Crippen molar-refractivity contribution < 1.29 is 5.11 Å². The van der Waals surface area contributed by atoms with Crippen molar-refractivity contribution >= 4 is 0 Å². The minimum Gasteiger partial charge on any atom is -0.389 e. The maximum Gasteiger partial charge on any atom is 0.0769 e. The summed E-state index contributed by atoms with van der Waals surface area (Å²) in [6, 6.07) is 0.187. The van der Waals surface area contributed by atoms with E-state index in [1.54, 1.807) is 0 Å². The van der Waals surface area contributed by atoms with Gasteiger partial charge in [-0.2, -0.15) is 0 Å². The predicted molar refractivity (Wildman–Crippen MR) is 48.7 cm³/mol. The largest absolute Gasteiger partial charge is 0.389 e. The SMILES string of the molecule is CCCC(C)(O)C(C)NCC. The summed E-state index contributed by atoms with van der Waals surface area (Å²) in [7, 11) is 0. The van der Waals surface area contributed by atoms with Crippen LogP contribution >= 0.6 is 0 Å². The Morgan fingerprint density at radius 3 is 2.36 bits per heavy atom. The first kappa shape index (κ1) is 10.9. The Bertz CT molecular complexity index is 102.